The second-order valence-corrected chi connectivity index (χ2v) is 6.87. The molecule has 27 heavy (non-hydrogen) atoms. The molecule has 0 aliphatic rings. The van der Waals surface area contributed by atoms with Gasteiger partial charge in [-0.2, -0.15) is 0 Å². The number of H-pyrrole nitrogens is 1. The van der Waals surface area contributed by atoms with Gasteiger partial charge < -0.3 is 14.5 Å². The lowest BCUT2D eigenvalue weighted by Crippen LogP contribution is -2.25. The van der Waals surface area contributed by atoms with Crippen LogP contribution in [-0.4, -0.2) is 26.5 Å². The summed E-state index contributed by atoms with van der Waals surface area (Å²) in [5, 5.41) is 0. The fraction of sp³-hybridized carbons (Fsp3) is 0.263. The normalized spacial score (nSPS) is 11.4. The number of carbonyl (C=O) groups is 1. The van der Waals surface area contributed by atoms with Gasteiger partial charge in [0.05, 0.1) is 12.6 Å². The zero-order chi connectivity index (χ0) is 19.6. The molecule has 0 spiro atoms. The molecule has 0 radical (unpaired) electrons. The molecular formula is C19H18FN3O4. The van der Waals surface area contributed by atoms with Gasteiger partial charge in [-0.1, -0.05) is 6.07 Å². The number of benzene rings is 1. The van der Waals surface area contributed by atoms with Gasteiger partial charge in [-0.3, -0.25) is 9.59 Å². The summed E-state index contributed by atoms with van der Waals surface area (Å²) in [4.78, 5) is 33.7. The van der Waals surface area contributed by atoms with Crippen LogP contribution in [0.5, 0.6) is 11.5 Å². The predicted octanol–water partition coefficient (Wildman–Crippen LogP) is 3.13. The van der Waals surface area contributed by atoms with E-state index in [2.05, 4.69) is 15.0 Å². The number of halogens is 1. The number of ether oxygens (including phenoxy) is 2. The molecule has 2 heterocycles. The Kier molecular flexibility index (Phi) is 4.89. The minimum Gasteiger partial charge on any atom is -0.460 e. The average molecular weight is 371 g/mol. The van der Waals surface area contributed by atoms with Crippen molar-refractivity contribution in [3.63, 3.8) is 0 Å². The maximum Gasteiger partial charge on any atom is 0.310 e. The molecule has 3 aromatic rings. The van der Waals surface area contributed by atoms with E-state index in [-0.39, 0.29) is 28.9 Å². The van der Waals surface area contributed by atoms with Crippen LogP contribution in [0.2, 0.25) is 0 Å². The molecule has 2 aromatic heterocycles. The minimum absolute atomic E-state index is 0.176. The molecule has 0 saturated carbocycles. The highest BCUT2D eigenvalue weighted by Crippen LogP contribution is 2.27. The number of pyridine rings is 1. The van der Waals surface area contributed by atoms with Crippen LogP contribution >= 0.6 is 0 Å². The molecule has 0 bridgehead atoms. The summed E-state index contributed by atoms with van der Waals surface area (Å²) in [6.07, 6.45) is 2.38. The Bertz CT molecular complexity index is 1060. The Hall–Kier alpha value is -3.29. The van der Waals surface area contributed by atoms with E-state index in [0.29, 0.717) is 11.3 Å². The largest absolute Gasteiger partial charge is 0.460 e. The van der Waals surface area contributed by atoms with Crippen molar-refractivity contribution >= 4 is 17.1 Å². The van der Waals surface area contributed by atoms with Crippen molar-refractivity contribution in [1.82, 2.24) is 15.0 Å². The lowest BCUT2D eigenvalue weighted by molar-refractivity contribution is -0.153. The van der Waals surface area contributed by atoms with Crippen LogP contribution < -0.4 is 10.3 Å². The molecule has 0 amide bonds. The molecule has 0 saturated heterocycles. The Balaban J connectivity index is 1.81. The molecule has 0 atom stereocenters. The van der Waals surface area contributed by atoms with E-state index in [1.54, 1.807) is 32.9 Å². The zero-order valence-corrected chi connectivity index (χ0v) is 15.1. The molecule has 1 aromatic carbocycles. The van der Waals surface area contributed by atoms with Crippen LogP contribution in [0, 0.1) is 5.82 Å². The van der Waals surface area contributed by atoms with E-state index >= 15 is 0 Å². The summed E-state index contributed by atoms with van der Waals surface area (Å²) in [7, 11) is 0. The minimum atomic E-state index is -0.632. The summed E-state index contributed by atoms with van der Waals surface area (Å²) in [6.45, 7) is 5.25. The highest BCUT2D eigenvalue weighted by molar-refractivity contribution is 5.77. The number of carbonyl (C=O) groups excluding carboxylic acids is 1. The topological polar surface area (TPSA) is 94.2 Å². The number of hydrogen-bond acceptors (Lipinski definition) is 6. The van der Waals surface area contributed by atoms with Crippen LogP contribution in [0.4, 0.5) is 4.39 Å². The van der Waals surface area contributed by atoms with Gasteiger partial charge in [0.15, 0.2) is 11.4 Å². The molecule has 0 unspecified atom stereocenters. The van der Waals surface area contributed by atoms with Gasteiger partial charge >= 0.3 is 5.97 Å². The van der Waals surface area contributed by atoms with Crippen molar-refractivity contribution in [3.8, 4) is 11.5 Å². The number of nitrogens with zero attached hydrogens (tertiary/aromatic N) is 2. The van der Waals surface area contributed by atoms with Crippen molar-refractivity contribution in [1.29, 1.82) is 0 Å². The standard InChI is InChI=1S/C19H18FN3O4/c1-19(2,3)27-16(25)8-11-4-5-12(9-13(11)20)26-14-6-7-21-18-17(14)22-10-15(24)23-18/h4-7,9-10H,8H2,1-3H3,(H,21,23,24). The lowest BCUT2D eigenvalue weighted by atomic mass is 10.1. The number of hydrogen-bond donors (Lipinski definition) is 1. The van der Waals surface area contributed by atoms with Gasteiger partial charge in [0, 0.05) is 18.3 Å². The molecule has 1 N–H and O–H groups in total. The highest BCUT2D eigenvalue weighted by atomic mass is 19.1. The molecule has 0 fully saturated rings. The van der Waals surface area contributed by atoms with Gasteiger partial charge in [-0.25, -0.2) is 14.4 Å². The number of rotatable bonds is 4. The van der Waals surface area contributed by atoms with E-state index < -0.39 is 17.4 Å². The van der Waals surface area contributed by atoms with E-state index in [1.807, 2.05) is 0 Å². The molecule has 0 aliphatic heterocycles. The third-order valence-corrected chi connectivity index (χ3v) is 3.45. The van der Waals surface area contributed by atoms with Crippen molar-refractivity contribution in [2.75, 3.05) is 0 Å². The molecule has 140 valence electrons. The van der Waals surface area contributed by atoms with E-state index in [4.69, 9.17) is 9.47 Å². The lowest BCUT2D eigenvalue weighted by Gasteiger charge is -2.19. The SMILES string of the molecule is CC(C)(C)OC(=O)Cc1ccc(Oc2ccnc3[nH]c(=O)cnc23)cc1F. The van der Waals surface area contributed by atoms with Crippen LogP contribution in [0.15, 0.2) is 41.5 Å². The summed E-state index contributed by atoms with van der Waals surface area (Å²) >= 11 is 0. The first-order valence-corrected chi connectivity index (χ1v) is 8.23. The fourth-order valence-electron chi connectivity index (χ4n) is 2.40. The van der Waals surface area contributed by atoms with Crippen LogP contribution in [0.25, 0.3) is 11.2 Å². The summed E-state index contributed by atoms with van der Waals surface area (Å²) < 4.78 is 25.2. The number of nitrogens with one attached hydrogen (secondary N) is 1. The first-order valence-electron chi connectivity index (χ1n) is 8.23. The molecule has 0 aliphatic carbocycles. The highest BCUT2D eigenvalue weighted by Gasteiger charge is 2.18. The maximum absolute atomic E-state index is 14.3. The summed E-state index contributed by atoms with van der Waals surface area (Å²) in [5.74, 6) is -0.557. The number of esters is 1. The zero-order valence-electron chi connectivity index (χ0n) is 15.1. The van der Waals surface area contributed by atoms with Gasteiger partial charge in [-0.15, -0.1) is 0 Å². The smallest absolute Gasteiger partial charge is 0.310 e. The number of aromatic amines is 1. The molecular weight excluding hydrogens is 353 g/mol. The molecule has 8 heteroatoms. The van der Waals surface area contributed by atoms with E-state index in [9.17, 15) is 14.0 Å². The number of fused-ring (bicyclic) bond motifs is 1. The maximum atomic E-state index is 14.3. The van der Waals surface area contributed by atoms with Crippen molar-refractivity contribution in [3.05, 3.63) is 58.4 Å². The van der Waals surface area contributed by atoms with Crippen LogP contribution in [-0.2, 0) is 16.0 Å². The Labute approximate surface area is 154 Å². The van der Waals surface area contributed by atoms with Gasteiger partial charge in [0.2, 0.25) is 0 Å². The van der Waals surface area contributed by atoms with Gasteiger partial charge in [-0.05, 0) is 32.4 Å². The Morgan fingerprint density at radius 3 is 2.70 bits per heavy atom. The third-order valence-electron chi connectivity index (χ3n) is 3.45. The Morgan fingerprint density at radius 2 is 2.00 bits per heavy atom. The van der Waals surface area contributed by atoms with Crippen molar-refractivity contribution in [2.45, 2.75) is 32.8 Å². The summed E-state index contributed by atoms with van der Waals surface area (Å²) in [5.41, 5.74) is -0.201. The quantitative estimate of drug-likeness (QED) is 0.708. The predicted molar refractivity (Wildman–Crippen MR) is 96.2 cm³/mol. The monoisotopic (exact) mass is 371 g/mol. The average Bonchev–Trinajstić information content (AvgIpc) is 2.55. The van der Waals surface area contributed by atoms with Crippen molar-refractivity contribution < 1.29 is 18.7 Å². The van der Waals surface area contributed by atoms with Gasteiger partial charge in [0.25, 0.3) is 5.56 Å². The second kappa shape index (κ2) is 7.14. The Morgan fingerprint density at radius 1 is 1.22 bits per heavy atom. The first-order chi connectivity index (χ1) is 12.7. The third kappa shape index (κ3) is 4.66. The van der Waals surface area contributed by atoms with Gasteiger partial charge in [0.1, 0.15) is 22.7 Å². The number of aromatic nitrogens is 3. The fourth-order valence-corrected chi connectivity index (χ4v) is 2.40. The first kappa shape index (κ1) is 18.5. The van der Waals surface area contributed by atoms with Crippen molar-refractivity contribution in [2.24, 2.45) is 0 Å². The van der Waals surface area contributed by atoms with Crippen LogP contribution in [0.1, 0.15) is 26.3 Å². The summed E-state index contributed by atoms with van der Waals surface area (Å²) in [6, 6.07) is 5.74. The van der Waals surface area contributed by atoms with Crippen LogP contribution in [0.3, 0.4) is 0 Å². The molecule has 7 nitrogen and oxygen atoms in total. The van der Waals surface area contributed by atoms with E-state index in [0.717, 1.165) is 6.20 Å². The second-order valence-electron chi connectivity index (χ2n) is 6.87. The van der Waals surface area contributed by atoms with E-state index in [1.165, 1.54) is 18.3 Å². The molecule has 3 rings (SSSR count).